The first-order valence-electron chi connectivity index (χ1n) is 7.76. The molecular formula is C17H25N3O. The highest BCUT2D eigenvalue weighted by molar-refractivity contribution is 5.83. The molecule has 21 heavy (non-hydrogen) atoms. The first kappa shape index (κ1) is 15.7. The van der Waals surface area contributed by atoms with E-state index in [1.54, 1.807) is 6.21 Å². The Hall–Kier alpha value is -1.68. The van der Waals surface area contributed by atoms with Crippen LogP contribution in [0.2, 0.25) is 0 Å². The SMILES string of the molecule is Cc1ccc(/C=N/NC(=O)CCN2CCCCC2)c(C)c1. The Balaban J connectivity index is 1.73. The van der Waals surface area contributed by atoms with Crippen molar-refractivity contribution < 1.29 is 4.79 Å². The van der Waals surface area contributed by atoms with Crippen LogP contribution in [0, 0.1) is 13.8 Å². The van der Waals surface area contributed by atoms with Gasteiger partial charge in [0, 0.05) is 13.0 Å². The summed E-state index contributed by atoms with van der Waals surface area (Å²) in [6.07, 6.45) is 6.07. The predicted octanol–water partition coefficient (Wildman–Crippen LogP) is 2.63. The average molecular weight is 287 g/mol. The van der Waals surface area contributed by atoms with Crippen LogP contribution in [0.4, 0.5) is 0 Å². The van der Waals surface area contributed by atoms with Gasteiger partial charge in [-0.1, -0.05) is 30.2 Å². The molecule has 0 atom stereocenters. The number of nitrogens with one attached hydrogen (secondary N) is 1. The quantitative estimate of drug-likeness (QED) is 0.668. The summed E-state index contributed by atoms with van der Waals surface area (Å²) in [4.78, 5) is 14.1. The van der Waals surface area contributed by atoms with E-state index in [2.05, 4.69) is 28.4 Å². The summed E-state index contributed by atoms with van der Waals surface area (Å²) < 4.78 is 0. The second-order valence-electron chi connectivity index (χ2n) is 5.81. The molecule has 1 fully saturated rings. The molecule has 1 aliphatic heterocycles. The highest BCUT2D eigenvalue weighted by Gasteiger charge is 2.11. The highest BCUT2D eigenvalue weighted by Crippen LogP contribution is 2.09. The summed E-state index contributed by atoms with van der Waals surface area (Å²) in [6, 6.07) is 6.18. The molecule has 0 aromatic heterocycles. The summed E-state index contributed by atoms with van der Waals surface area (Å²) >= 11 is 0. The van der Waals surface area contributed by atoms with E-state index in [0.717, 1.165) is 25.2 Å². The fourth-order valence-corrected chi connectivity index (χ4v) is 2.64. The molecule has 0 spiro atoms. The van der Waals surface area contributed by atoms with Gasteiger partial charge in [0.15, 0.2) is 0 Å². The average Bonchev–Trinajstić information content (AvgIpc) is 2.48. The number of nitrogens with zero attached hydrogens (tertiary/aromatic N) is 2. The van der Waals surface area contributed by atoms with E-state index in [1.807, 2.05) is 19.1 Å². The Bertz CT molecular complexity index is 505. The molecule has 0 radical (unpaired) electrons. The first-order chi connectivity index (χ1) is 10.1. The van der Waals surface area contributed by atoms with Crippen molar-refractivity contribution in [3.05, 3.63) is 34.9 Å². The molecule has 1 aliphatic rings. The maximum absolute atomic E-state index is 11.8. The van der Waals surface area contributed by atoms with Gasteiger partial charge in [0.25, 0.3) is 0 Å². The number of rotatable bonds is 5. The number of hydrogen-bond donors (Lipinski definition) is 1. The van der Waals surface area contributed by atoms with Crippen LogP contribution in [0.15, 0.2) is 23.3 Å². The second kappa shape index (κ2) is 7.93. The molecule has 4 heteroatoms. The number of piperidine rings is 1. The number of carbonyl (C=O) groups is 1. The third-order valence-corrected chi connectivity index (χ3v) is 3.92. The topological polar surface area (TPSA) is 44.7 Å². The van der Waals surface area contributed by atoms with Gasteiger partial charge >= 0.3 is 0 Å². The van der Waals surface area contributed by atoms with Crippen LogP contribution in [0.1, 0.15) is 42.4 Å². The smallest absolute Gasteiger partial charge is 0.241 e. The van der Waals surface area contributed by atoms with Crippen molar-refractivity contribution in [3.63, 3.8) is 0 Å². The zero-order valence-electron chi connectivity index (χ0n) is 13.1. The summed E-state index contributed by atoms with van der Waals surface area (Å²) in [5, 5.41) is 4.05. The van der Waals surface area contributed by atoms with E-state index in [9.17, 15) is 4.79 Å². The van der Waals surface area contributed by atoms with E-state index in [-0.39, 0.29) is 5.91 Å². The predicted molar refractivity (Wildman–Crippen MR) is 86.6 cm³/mol. The molecule has 0 unspecified atom stereocenters. The number of benzene rings is 1. The Morgan fingerprint density at radius 1 is 1.29 bits per heavy atom. The summed E-state index contributed by atoms with van der Waals surface area (Å²) in [6.45, 7) is 7.20. The van der Waals surface area contributed by atoms with E-state index in [1.165, 1.54) is 30.4 Å². The zero-order chi connectivity index (χ0) is 15.1. The fourth-order valence-electron chi connectivity index (χ4n) is 2.64. The largest absolute Gasteiger partial charge is 0.303 e. The molecule has 1 N–H and O–H groups in total. The van der Waals surface area contributed by atoms with Gasteiger partial charge in [-0.25, -0.2) is 5.43 Å². The van der Waals surface area contributed by atoms with Crippen molar-refractivity contribution in [3.8, 4) is 0 Å². The van der Waals surface area contributed by atoms with Crippen molar-refractivity contribution in [1.29, 1.82) is 0 Å². The van der Waals surface area contributed by atoms with Crippen LogP contribution in [-0.4, -0.2) is 36.7 Å². The van der Waals surface area contributed by atoms with Gasteiger partial charge in [0.05, 0.1) is 6.21 Å². The minimum absolute atomic E-state index is 0.0124. The van der Waals surface area contributed by atoms with Gasteiger partial charge in [-0.15, -0.1) is 0 Å². The van der Waals surface area contributed by atoms with E-state index >= 15 is 0 Å². The van der Waals surface area contributed by atoms with E-state index in [4.69, 9.17) is 0 Å². The Labute approximate surface area is 127 Å². The molecule has 4 nitrogen and oxygen atoms in total. The van der Waals surface area contributed by atoms with E-state index < -0.39 is 0 Å². The maximum atomic E-state index is 11.8. The van der Waals surface area contributed by atoms with Gasteiger partial charge in [0.1, 0.15) is 0 Å². The Morgan fingerprint density at radius 2 is 2.05 bits per heavy atom. The fraction of sp³-hybridized carbons (Fsp3) is 0.529. The summed E-state index contributed by atoms with van der Waals surface area (Å²) in [7, 11) is 0. The summed E-state index contributed by atoms with van der Waals surface area (Å²) in [5.41, 5.74) is 6.05. The van der Waals surface area contributed by atoms with Crippen molar-refractivity contribution in [1.82, 2.24) is 10.3 Å². The molecule has 0 saturated carbocycles. The van der Waals surface area contributed by atoms with Gasteiger partial charge in [-0.2, -0.15) is 5.10 Å². The summed E-state index contributed by atoms with van der Waals surface area (Å²) in [5.74, 6) is -0.0124. The Morgan fingerprint density at radius 3 is 2.76 bits per heavy atom. The monoisotopic (exact) mass is 287 g/mol. The maximum Gasteiger partial charge on any atom is 0.241 e. The minimum atomic E-state index is -0.0124. The number of aryl methyl sites for hydroxylation is 2. The van der Waals surface area contributed by atoms with Crippen LogP contribution >= 0.6 is 0 Å². The van der Waals surface area contributed by atoms with Crippen LogP contribution in [0.3, 0.4) is 0 Å². The lowest BCUT2D eigenvalue weighted by molar-refractivity contribution is -0.121. The molecule has 1 heterocycles. The number of hydrazone groups is 1. The van der Waals surface area contributed by atoms with E-state index in [0.29, 0.717) is 6.42 Å². The van der Waals surface area contributed by atoms with Crippen molar-refractivity contribution in [2.45, 2.75) is 39.5 Å². The van der Waals surface area contributed by atoms with Crippen molar-refractivity contribution in [2.24, 2.45) is 5.10 Å². The molecule has 0 bridgehead atoms. The minimum Gasteiger partial charge on any atom is -0.303 e. The third-order valence-electron chi connectivity index (χ3n) is 3.92. The van der Waals surface area contributed by atoms with Gasteiger partial charge in [0.2, 0.25) is 5.91 Å². The van der Waals surface area contributed by atoms with Gasteiger partial charge < -0.3 is 4.90 Å². The highest BCUT2D eigenvalue weighted by atomic mass is 16.2. The Kier molecular flexibility index (Phi) is 5.93. The number of hydrogen-bond acceptors (Lipinski definition) is 3. The lowest BCUT2D eigenvalue weighted by atomic mass is 10.1. The number of likely N-dealkylation sites (tertiary alicyclic amines) is 1. The normalized spacial score (nSPS) is 16.3. The van der Waals surface area contributed by atoms with Crippen molar-refractivity contribution in [2.75, 3.05) is 19.6 Å². The van der Waals surface area contributed by atoms with Crippen LogP contribution in [0.5, 0.6) is 0 Å². The van der Waals surface area contributed by atoms with Gasteiger partial charge in [-0.3, -0.25) is 4.79 Å². The zero-order valence-corrected chi connectivity index (χ0v) is 13.1. The molecule has 1 aromatic rings. The molecule has 1 aromatic carbocycles. The molecule has 114 valence electrons. The molecule has 2 rings (SSSR count). The van der Waals surface area contributed by atoms with Crippen LogP contribution in [-0.2, 0) is 4.79 Å². The molecule has 1 amide bonds. The molecule has 1 saturated heterocycles. The standard InChI is InChI=1S/C17H25N3O/c1-14-6-7-16(15(2)12-14)13-18-19-17(21)8-11-20-9-4-3-5-10-20/h6-7,12-13H,3-5,8-11H2,1-2H3,(H,19,21)/b18-13+. The van der Waals surface area contributed by atoms with Crippen LogP contribution < -0.4 is 5.43 Å². The first-order valence-corrected chi connectivity index (χ1v) is 7.76. The number of amides is 1. The number of carbonyl (C=O) groups excluding carboxylic acids is 1. The van der Waals surface area contributed by atoms with Gasteiger partial charge in [-0.05, 0) is 50.9 Å². The lowest BCUT2D eigenvalue weighted by Gasteiger charge is -2.25. The molecular weight excluding hydrogens is 262 g/mol. The van der Waals surface area contributed by atoms with Crippen LogP contribution in [0.25, 0.3) is 0 Å². The lowest BCUT2D eigenvalue weighted by Crippen LogP contribution is -2.33. The van der Waals surface area contributed by atoms with Crippen molar-refractivity contribution >= 4 is 12.1 Å². The molecule has 0 aliphatic carbocycles. The second-order valence-corrected chi connectivity index (χ2v) is 5.81. The third kappa shape index (κ3) is 5.31.